The van der Waals surface area contributed by atoms with Gasteiger partial charge in [-0.2, -0.15) is 0 Å². The molecule has 2 aliphatic heterocycles. The molecule has 31 heavy (non-hydrogen) atoms. The lowest BCUT2D eigenvalue weighted by atomic mass is 10.0. The van der Waals surface area contributed by atoms with E-state index in [1.54, 1.807) is 24.1 Å². The highest BCUT2D eigenvalue weighted by molar-refractivity contribution is 5.92. The van der Waals surface area contributed by atoms with Crippen molar-refractivity contribution in [3.63, 3.8) is 0 Å². The summed E-state index contributed by atoms with van der Waals surface area (Å²) >= 11 is 0. The minimum absolute atomic E-state index is 0.0464. The highest BCUT2D eigenvalue weighted by atomic mass is 16.3. The first-order valence-corrected chi connectivity index (χ1v) is 10.4. The minimum Gasteiger partial charge on any atom is -0.390 e. The summed E-state index contributed by atoms with van der Waals surface area (Å²) in [6, 6.07) is 3.70. The smallest absolute Gasteiger partial charge is 0.270 e. The van der Waals surface area contributed by atoms with E-state index in [0.717, 1.165) is 19.5 Å². The third kappa shape index (κ3) is 5.33. The summed E-state index contributed by atoms with van der Waals surface area (Å²) < 4.78 is 0. The molecule has 0 saturated carbocycles. The Morgan fingerprint density at radius 1 is 1.29 bits per heavy atom. The number of nitrogens with zero attached hydrogens (tertiary/aromatic N) is 5. The fraction of sp³-hybridized carbons (Fsp3) is 0.476. The monoisotopic (exact) mass is 425 g/mol. The highest BCUT2D eigenvalue weighted by Gasteiger charge is 2.28. The van der Waals surface area contributed by atoms with Gasteiger partial charge in [0.1, 0.15) is 17.8 Å². The van der Waals surface area contributed by atoms with Gasteiger partial charge in [0, 0.05) is 64.7 Å². The Morgan fingerprint density at radius 3 is 2.94 bits per heavy atom. The zero-order valence-electron chi connectivity index (χ0n) is 17.5. The quantitative estimate of drug-likeness (QED) is 0.551. The molecule has 10 nitrogen and oxygen atoms in total. The van der Waals surface area contributed by atoms with Gasteiger partial charge in [0.2, 0.25) is 5.91 Å². The van der Waals surface area contributed by atoms with Crippen LogP contribution in [0.5, 0.6) is 0 Å². The Morgan fingerprint density at radius 2 is 2.13 bits per heavy atom. The third-order valence-electron chi connectivity index (χ3n) is 5.64. The van der Waals surface area contributed by atoms with Gasteiger partial charge in [0.25, 0.3) is 5.91 Å². The van der Waals surface area contributed by atoms with E-state index in [1.165, 1.54) is 17.5 Å². The second-order valence-corrected chi connectivity index (χ2v) is 8.05. The van der Waals surface area contributed by atoms with Gasteiger partial charge < -0.3 is 20.6 Å². The number of rotatable bonds is 7. The molecule has 2 aromatic rings. The van der Waals surface area contributed by atoms with E-state index in [1.807, 2.05) is 12.3 Å². The summed E-state index contributed by atoms with van der Waals surface area (Å²) in [5.41, 5.74) is 2.72. The third-order valence-corrected chi connectivity index (χ3v) is 5.64. The van der Waals surface area contributed by atoms with Crippen LogP contribution < -0.4 is 10.6 Å². The van der Waals surface area contributed by atoms with Crippen molar-refractivity contribution < 1.29 is 14.7 Å². The molecule has 1 atom stereocenters. The van der Waals surface area contributed by atoms with Crippen LogP contribution in [0.1, 0.15) is 28.5 Å². The summed E-state index contributed by atoms with van der Waals surface area (Å²) in [5.74, 6) is 0.221. The molecule has 0 bridgehead atoms. The molecule has 0 spiro atoms. The minimum atomic E-state index is -0.681. The number of nitrogens with one attached hydrogen (secondary N) is 2. The molecule has 4 rings (SSSR count). The van der Waals surface area contributed by atoms with Crippen LogP contribution in [0, 0.1) is 0 Å². The zero-order chi connectivity index (χ0) is 21.8. The molecule has 1 saturated heterocycles. The second kappa shape index (κ2) is 9.36. The van der Waals surface area contributed by atoms with E-state index in [9.17, 15) is 14.7 Å². The van der Waals surface area contributed by atoms with Crippen LogP contribution in [0.3, 0.4) is 0 Å². The normalized spacial score (nSPS) is 17.4. The highest BCUT2D eigenvalue weighted by Crippen LogP contribution is 2.17. The number of amides is 2. The van der Waals surface area contributed by atoms with Gasteiger partial charge in [-0.05, 0) is 23.6 Å². The number of hydrogen-bond donors (Lipinski definition) is 3. The number of hydrogen-bond acceptors (Lipinski definition) is 8. The van der Waals surface area contributed by atoms with Crippen molar-refractivity contribution in [2.45, 2.75) is 32.0 Å². The topological polar surface area (TPSA) is 124 Å². The van der Waals surface area contributed by atoms with Gasteiger partial charge >= 0.3 is 0 Å². The Hall–Kier alpha value is -3.11. The van der Waals surface area contributed by atoms with Crippen molar-refractivity contribution in [3.8, 4) is 0 Å². The van der Waals surface area contributed by atoms with Crippen molar-refractivity contribution in [1.29, 1.82) is 0 Å². The SMILES string of the molecule is CC(=O)N1CC(Nc2cc(C(=O)NC[C@H](O)CN3CCc4cnccc4C3)ncn2)C1. The summed E-state index contributed by atoms with van der Waals surface area (Å²) in [6.07, 6.45) is 5.24. The summed E-state index contributed by atoms with van der Waals surface area (Å²) in [4.78, 5) is 39.9. The molecule has 4 heterocycles. The van der Waals surface area contributed by atoms with Gasteiger partial charge in [0.15, 0.2) is 0 Å². The standard InChI is InChI=1S/C21H27N7O3/c1-14(29)28-10-17(11-28)26-20-6-19(24-13-25-20)21(31)23-8-18(30)12-27-5-3-15-7-22-4-2-16(15)9-27/h2,4,6-7,13,17-18,30H,3,5,8-12H2,1H3,(H,23,31)(H,24,25,26)/t18-/m0/s1. The molecule has 0 aromatic carbocycles. The van der Waals surface area contributed by atoms with E-state index >= 15 is 0 Å². The summed E-state index contributed by atoms with van der Waals surface area (Å²) in [5, 5.41) is 16.3. The number of aliphatic hydroxyl groups excluding tert-OH is 1. The van der Waals surface area contributed by atoms with Crippen LogP contribution in [0.2, 0.25) is 0 Å². The Kier molecular flexibility index (Phi) is 6.38. The lowest BCUT2D eigenvalue weighted by molar-refractivity contribution is -0.132. The first-order valence-electron chi connectivity index (χ1n) is 10.4. The van der Waals surface area contributed by atoms with Crippen LogP contribution in [0.25, 0.3) is 0 Å². The molecule has 0 aliphatic carbocycles. The van der Waals surface area contributed by atoms with Crippen molar-refractivity contribution in [3.05, 3.63) is 47.7 Å². The fourth-order valence-corrected chi connectivity index (χ4v) is 3.85. The van der Waals surface area contributed by atoms with Gasteiger partial charge in [-0.1, -0.05) is 0 Å². The van der Waals surface area contributed by atoms with E-state index in [4.69, 9.17) is 0 Å². The lowest BCUT2D eigenvalue weighted by Crippen LogP contribution is -2.56. The first-order chi connectivity index (χ1) is 15.0. The van der Waals surface area contributed by atoms with E-state index < -0.39 is 6.10 Å². The Labute approximate surface area is 180 Å². The molecule has 1 fully saturated rings. The maximum Gasteiger partial charge on any atom is 0.270 e. The number of pyridine rings is 1. The number of aromatic nitrogens is 3. The molecule has 2 aliphatic rings. The number of β-amino-alcohol motifs (C(OH)–C–C–N with tert-alkyl or cyclic N) is 1. The molecule has 164 valence electrons. The number of fused-ring (bicyclic) bond motifs is 1. The average molecular weight is 425 g/mol. The van der Waals surface area contributed by atoms with Gasteiger partial charge in [-0.15, -0.1) is 0 Å². The maximum atomic E-state index is 12.5. The maximum absolute atomic E-state index is 12.5. The predicted octanol–water partition coefficient (Wildman–Crippen LogP) is -0.337. The molecule has 10 heteroatoms. The van der Waals surface area contributed by atoms with Crippen LogP contribution in [-0.4, -0.2) is 86.5 Å². The average Bonchev–Trinajstić information content (AvgIpc) is 2.74. The second-order valence-electron chi connectivity index (χ2n) is 8.05. The molecule has 0 radical (unpaired) electrons. The zero-order valence-corrected chi connectivity index (χ0v) is 17.5. The Bertz CT molecular complexity index is 948. The van der Waals surface area contributed by atoms with Gasteiger partial charge in [0.05, 0.1) is 12.1 Å². The number of carbonyl (C=O) groups excluding carboxylic acids is 2. The van der Waals surface area contributed by atoms with Crippen LogP contribution >= 0.6 is 0 Å². The van der Waals surface area contributed by atoms with Crippen LogP contribution in [0.15, 0.2) is 30.9 Å². The van der Waals surface area contributed by atoms with E-state index in [-0.39, 0.29) is 30.1 Å². The molecular weight excluding hydrogens is 398 g/mol. The van der Waals surface area contributed by atoms with E-state index in [2.05, 4.69) is 30.5 Å². The van der Waals surface area contributed by atoms with Gasteiger partial charge in [-0.25, -0.2) is 9.97 Å². The number of aliphatic hydroxyl groups is 1. The summed E-state index contributed by atoms with van der Waals surface area (Å²) in [6.45, 7) is 5.02. The van der Waals surface area contributed by atoms with E-state index in [0.29, 0.717) is 25.5 Å². The molecular formula is C21H27N7O3. The van der Waals surface area contributed by atoms with Gasteiger partial charge in [-0.3, -0.25) is 19.5 Å². The molecule has 2 amide bonds. The first kappa shape index (κ1) is 21.1. The van der Waals surface area contributed by atoms with Crippen molar-refractivity contribution >= 4 is 17.6 Å². The van der Waals surface area contributed by atoms with Crippen molar-refractivity contribution in [2.24, 2.45) is 0 Å². The lowest BCUT2D eigenvalue weighted by Gasteiger charge is -2.39. The number of likely N-dealkylation sites (tertiary alicyclic amines) is 1. The number of anilines is 1. The van der Waals surface area contributed by atoms with Crippen LogP contribution in [0.4, 0.5) is 5.82 Å². The van der Waals surface area contributed by atoms with Crippen LogP contribution in [-0.2, 0) is 17.8 Å². The van der Waals surface area contributed by atoms with Crippen molar-refractivity contribution in [1.82, 2.24) is 30.1 Å². The number of carbonyl (C=O) groups is 2. The summed E-state index contributed by atoms with van der Waals surface area (Å²) in [7, 11) is 0. The molecule has 3 N–H and O–H groups in total. The Balaban J connectivity index is 1.23. The largest absolute Gasteiger partial charge is 0.390 e. The predicted molar refractivity (Wildman–Crippen MR) is 113 cm³/mol. The fourth-order valence-electron chi connectivity index (χ4n) is 3.85. The molecule has 2 aromatic heterocycles. The van der Waals surface area contributed by atoms with Crippen molar-refractivity contribution in [2.75, 3.05) is 38.0 Å². The molecule has 0 unspecified atom stereocenters.